The molecule has 0 radical (unpaired) electrons. The second-order valence-electron chi connectivity index (χ2n) is 4.81. The molecule has 1 heterocycles. The minimum atomic E-state index is -0.149. The van der Waals surface area contributed by atoms with E-state index in [2.05, 4.69) is 34.3 Å². The van der Waals surface area contributed by atoms with E-state index >= 15 is 0 Å². The lowest BCUT2D eigenvalue weighted by Crippen LogP contribution is -2.42. The maximum atomic E-state index is 11.8. The van der Waals surface area contributed by atoms with E-state index < -0.39 is 0 Å². The number of H-pyrrole nitrogens is 1. The lowest BCUT2D eigenvalue weighted by Gasteiger charge is -2.32. The zero-order chi connectivity index (χ0) is 11.5. The number of carbonyl (C=O) groups is 1. The number of nitrogens with one attached hydrogen (secondary N) is 2. The molecule has 1 aromatic rings. The van der Waals surface area contributed by atoms with Gasteiger partial charge < -0.3 is 5.32 Å². The van der Waals surface area contributed by atoms with Crippen LogP contribution >= 0.6 is 0 Å². The number of hydrogen-bond donors (Lipinski definition) is 2. The molecule has 0 saturated heterocycles. The average molecular weight is 222 g/mol. The van der Waals surface area contributed by atoms with Gasteiger partial charge in [0.1, 0.15) is 6.33 Å². The second-order valence-corrected chi connectivity index (χ2v) is 4.81. The molecule has 3 atom stereocenters. The second kappa shape index (κ2) is 4.63. The molecular formula is C11H18N4O. The van der Waals surface area contributed by atoms with Gasteiger partial charge in [-0.25, -0.2) is 4.98 Å². The molecule has 5 nitrogen and oxygen atoms in total. The molecule has 1 aromatic heterocycles. The maximum absolute atomic E-state index is 11.8. The van der Waals surface area contributed by atoms with Gasteiger partial charge in [-0.15, -0.1) is 0 Å². The fourth-order valence-electron chi connectivity index (χ4n) is 2.43. The van der Waals surface area contributed by atoms with Crippen LogP contribution in [0.3, 0.4) is 0 Å². The molecule has 5 heteroatoms. The van der Waals surface area contributed by atoms with Crippen molar-refractivity contribution in [2.24, 2.45) is 11.8 Å². The van der Waals surface area contributed by atoms with Gasteiger partial charge in [0, 0.05) is 6.04 Å². The Hall–Kier alpha value is -1.39. The molecule has 0 aromatic carbocycles. The summed E-state index contributed by atoms with van der Waals surface area (Å²) in [6.45, 7) is 4.46. The van der Waals surface area contributed by atoms with Crippen LogP contribution in [0.25, 0.3) is 0 Å². The van der Waals surface area contributed by atoms with Gasteiger partial charge in [0.2, 0.25) is 5.82 Å². The first-order valence-electron chi connectivity index (χ1n) is 5.83. The number of nitrogens with zero attached hydrogens (tertiary/aromatic N) is 2. The Morgan fingerprint density at radius 2 is 2.31 bits per heavy atom. The van der Waals surface area contributed by atoms with Crippen LogP contribution < -0.4 is 5.32 Å². The molecule has 3 unspecified atom stereocenters. The summed E-state index contributed by atoms with van der Waals surface area (Å²) in [5.41, 5.74) is 0. The van der Waals surface area contributed by atoms with E-state index in [1.165, 1.54) is 19.2 Å². The van der Waals surface area contributed by atoms with Crippen LogP contribution in [-0.4, -0.2) is 27.1 Å². The Labute approximate surface area is 95.0 Å². The van der Waals surface area contributed by atoms with E-state index in [0.29, 0.717) is 11.7 Å². The molecule has 1 aliphatic carbocycles. The van der Waals surface area contributed by atoms with Crippen molar-refractivity contribution >= 4 is 5.91 Å². The predicted octanol–water partition coefficient (Wildman–Crippen LogP) is 1.36. The lowest BCUT2D eigenvalue weighted by atomic mass is 9.80. The minimum Gasteiger partial charge on any atom is -0.346 e. The molecule has 2 rings (SSSR count). The number of hydrogen-bond acceptors (Lipinski definition) is 3. The molecule has 0 bridgehead atoms. The molecule has 1 saturated carbocycles. The quantitative estimate of drug-likeness (QED) is 0.793. The number of rotatable bonds is 2. The monoisotopic (exact) mass is 222 g/mol. The molecular weight excluding hydrogens is 204 g/mol. The van der Waals surface area contributed by atoms with E-state index in [1.807, 2.05) is 0 Å². The van der Waals surface area contributed by atoms with Crippen molar-refractivity contribution in [1.82, 2.24) is 20.5 Å². The maximum Gasteiger partial charge on any atom is 0.288 e. The fraction of sp³-hybridized carbons (Fsp3) is 0.727. The van der Waals surface area contributed by atoms with Crippen LogP contribution in [0.5, 0.6) is 0 Å². The third-order valence-electron chi connectivity index (χ3n) is 3.38. The van der Waals surface area contributed by atoms with Gasteiger partial charge in [-0.2, -0.15) is 5.10 Å². The highest BCUT2D eigenvalue weighted by molar-refractivity contribution is 5.90. The SMILES string of the molecule is CC1CCC(NC(=O)c2ncn[nH]2)C(C)C1. The predicted molar refractivity (Wildman–Crippen MR) is 59.8 cm³/mol. The first-order chi connectivity index (χ1) is 7.66. The molecule has 16 heavy (non-hydrogen) atoms. The summed E-state index contributed by atoms with van der Waals surface area (Å²) in [4.78, 5) is 15.6. The highest BCUT2D eigenvalue weighted by atomic mass is 16.2. The van der Waals surface area contributed by atoms with Gasteiger partial charge >= 0.3 is 0 Å². The van der Waals surface area contributed by atoms with Gasteiger partial charge in [0.15, 0.2) is 0 Å². The minimum absolute atomic E-state index is 0.149. The van der Waals surface area contributed by atoms with Crippen LogP contribution in [0, 0.1) is 11.8 Å². The summed E-state index contributed by atoms with van der Waals surface area (Å²) in [6, 6.07) is 0.272. The summed E-state index contributed by atoms with van der Waals surface area (Å²) in [7, 11) is 0. The molecule has 88 valence electrons. The van der Waals surface area contributed by atoms with E-state index in [9.17, 15) is 4.79 Å². The lowest BCUT2D eigenvalue weighted by molar-refractivity contribution is 0.0889. The van der Waals surface area contributed by atoms with Crippen molar-refractivity contribution < 1.29 is 4.79 Å². The van der Waals surface area contributed by atoms with Crippen molar-refractivity contribution in [3.8, 4) is 0 Å². The van der Waals surface area contributed by atoms with E-state index in [0.717, 1.165) is 12.3 Å². The summed E-state index contributed by atoms with van der Waals surface area (Å²) >= 11 is 0. The Morgan fingerprint density at radius 1 is 1.50 bits per heavy atom. The zero-order valence-electron chi connectivity index (χ0n) is 9.73. The van der Waals surface area contributed by atoms with Crippen LogP contribution in [0.1, 0.15) is 43.7 Å². The molecule has 1 fully saturated rings. The zero-order valence-corrected chi connectivity index (χ0v) is 9.73. The highest BCUT2D eigenvalue weighted by Crippen LogP contribution is 2.28. The van der Waals surface area contributed by atoms with Crippen LogP contribution in [0.15, 0.2) is 6.33 Å². The normalized spacial score (nSPS) is 30.0. The van der Waals surface area contributed by atoms with Gasteiger partial charge in [0.05, 0.1) is 0 Å². The van der Waals surface area contributed by atoms with E-state index in [4.69, 9.17) is 0 Å². The Morgan fingerprint density at radius 3 is 2.94 bits per heavy atom. The molecule has 0 spiro atoms. The van der Waals surface area contributed by atoms with Crippen LogP contribution in [0.2, 0.25) is 0 Å². The van der Waals surface area contributed by atoms with Gasteiger partial charge in [0.25, 0.3) is 5.91 Å². The average Bonchev–Trinajstić information content (AvgIpc) is 2.75. The number of carbonyl (C=O) groups excluding carboxylic acids is 1. The topological polar surface area (TPSA) is 70.7 Å². The third kappa shape index (κ3) is 2.40. The van der Waals surface area contributed by atoms with Crippen molar-refractivity contribution in [3.05, 3.63) is 12.2 Å². The Bertz CT molecular complexity index is 349. The highest BCUT2D eigenvalue weighted by Gasteiger charge is 2.27. The first-order valence-corrected chi connectivity index (χ1v) is 5.83. The summed E-state index contributed by atoms with van der Waals surface area (Å²) in [6.07, 6.45) is 4.77. The third-order valence-corrected chi connectivity index (χ3v) is 3.38. The van der Waals surface area contributed by atoms with Crippen molar-refractivity contribution in [2.45, 2.75) is 39.2 Å². The van der Waals surface area contributed by atoms with E-state index in [1.54, 1.807) is 0 Å². The Kier molecular flexibility index (Phi) is 3.22. The van der Waals surface area contributed by atoms with Crippen LogP contribution in [-0.2, 0) is 0 Å². The summed E-state index contributed by atoms with van der Waals surface area (Å²) in [5.74, 6) is 1.46. The van der Waals surface area contributed by atoms with Gasteiger partial charge in [-0.3, -0.25) is 9.89 Å². The smallest absolute Gasteiger partial charge is 0.288 e. The summed E-state index contributed by atoms with van der Waals surface area (Å²) in [5, 5.41) is 9.27. The largest absolute Gasteiger partial charge is 0.346 e. The van der Waals surface area contributed by atoms with Crippen LogP contribution in [0.4, 0.5) is 0 Å². The number of amides is 1. The van der Waals surface area contributed by atoms with Crippen molar-refractivity contribution in [3.63, 3.8) is 0 Å². The van der Waals surface area contributed by atoms with Gasteiger partial charge in [-0.05, 0) is 31.1 Å². The van der Waals surface area contributed by atoms with E-state index in [-0.39, 0.29) is 11.9 Å². The number of aromatic nitrogens is 3. The standard InChI is InChI=1S/C11H18N4O/c1-7-3-4-9(8(2)5-7)14-11(16)10-12-6-13-15-10/h6-9H,3-5H2,1-2H3,(H,14,16)(H,12,13,15). The first kappa shape index (κ1) is 11.1. The van der Waals surface area contributed by atoms with Gasteiger partial charge in [-0.1, -0.05) is 13.8 Å². The fourth-order valence-corrected chi connectivity index (χ4v) is 2.43. The molecule has 1 aliphatic rings. The molecule has 2 N–H and O–H groups in total. The van der Waals surface area contributed by atoms with Crippen molar-refractivity contribution in [1.29, 1.82) is 0 Å². The Balaban J connectivity index is 1.92. The molecule has 1 amide bonds. The number of aromatic amines is 1. The summed E-state index contributed by atoms with van der Waals surface area (Å²) < 4.78 is 0. The van der Waals surface area contributed by atoms with Crippen molar-refractivity contribution in [2.75, 3.05) is 0 Å². The molecule has 0 aliphatic heterocycles.